The SMILES string of the molecule is COc1ccc(C2CCN(CCC(CN(CC(N)=O)C(=O)c3cc(C#N)cc4ccccc34)c3ccc(Cl)c(Cl)c3)CC2)c([S@](C)=O)c1. The highest BCUT2D eigenvalue weighted by Gasteiger charge is 2.28. The average molecular weight is 706 g/mol. The topological polar surface area (TPSA) is 117 Å². The van der Waals surface area contributed by atoms with Crippen LogP contribution in [0.15, 0.2) is 77.7 Å². The summed E-state index contributed by atoms with van der Waals surface area (Å²) < 4.78 is 17.9. The van der Waals surface area contributed by atoms with Gasteiger partial charge in [0.15, 0.2) is 0 Å². The smallest absolute Gasteiger partial charge is 0.255 e. The number of primary amides is 1. The Morgan fingerprint density at radius 1 is 1.06 bits per heavy atom. The third-order valence-electron chi connectivity index (χ3n) is 9.06. The highest BCUT2D eigenvalue weighted by molar-refractivity contribution is 7.84. The Labute approximate surface area is 293 Å². The highest BCUT2D eigenvalue weighted by Crippen LogP contribution is 2.35. The Morgan fingerprint density at radius 2 is 1.81 bits per heavy atom. The van der Waals surface area contributed by atoms with Crippen molar-refractivity contribution >= 4 is 56.6 Å². The number of nitrogens with two attached hydrogens (primary N) is 1. The van der Waals surface area contributed by atoms with Crippen molar-refractivity contribution in [2.45, 2.75) is 36.0 Å². The standard InChI is InChI=1S/C37H38Cl2N4O4S/c1-47-29-8-9-31(35(20-29)48(2)46)25-11-14-42(15-12-25)16-13-28(26-7-10-33(38)34(39)19-26)22-43(23-36(41)44)37(45)32-18-24(21-40)17-27-5-3-4-6-30(27)32/h3-10,17-20,25,28H,11-16,22-23H2,1-2H3,(H2,41,44)/t28?,48-/m0/s1. The third kappa shape index (κ3) is 8.37. The Morgan fingerprint density at radius 3 is 2.48 bits per heavy atom. The third-order valence-corrected chi connectivity index (χ3v) is 10.8. The molecule has 1 saturated heterocycles. The first-order chi connectivity index (χ1) is 23.1. The van der Waals surface area contributed by atoms with E-state index in [1.54, 1.807) is 31.6 Å². The summed E-state index contributed by atoms with van der Waals surface area (Å²) in [5, 5.41) is 12.0. The van der Waals surface area contributed by atoms with Crippen molar-refractivity contribution in [2.75, 3.05) is 46.1 Å². The summed E-state index contributed by atoms with van der Waals surface area (Å²) in [7, 11) is 0.479. The van der Waals surface area contributed by atoms with Crippen LogP contribution in [-0.4, -0.2) is 71.9 Å². The van der Waals surface area contributed by atoms with E-state index in [2.05, 4.69) is 11.0 Å². The molecule has 1 heterocycles. The van der Waals surface area contributed by atoms with Crippen molar-refractivity contribution < 1.29 is 18.5 Å². The molecule has 2 amide bonds. The maximum Gasteiger partial charge on any atom is 0.255 e. The molecule has 1 aliphatic rings. The number of ether oxygens (including phenoxy) is 1. The molecule has 0 bridgehead atoms. The number of carbonyl (C=O) groups is 2. The number of amides is 2. The fourth-order valence-electron chi connectivity index (χ4n) is 6.56. The second-order valence-electron chi connectivity index (χ2n) is 12.1. The van der Waals surface area contributed by atoms with Crippen molar-refractivity contribution in [3.8, 4) is 11.8 Å². The van der Waals surface area contributed by atoms with Crippen LogP contribution in [0.3, 0.4) is 0 Å². The number of nitriles is 1. The first-order valence-corrected chi connectivity index (χ1v) is 18.1. The Balaban J connectivity index is 1.37. The molecule has 2 N–H and O–H groups in total. The monoisotopic (exact) mass is 704 g/mol. The quantitative estimate of drug-likeness (QED) is 0.175. The summed E-state index contributed by atoms with van der Waals surface area (Å²) in [6.45, 7) is 2.39. The van der Waals surface area contributed by atoms with E-state index >= 15 is 0 Å². The Bertz CT molecular complexity index is 1890. The summed E-state index contributed by atoms with van der Waals surface area (Å²) in [6, 6.07) is 24.1. The van der Waals surface area contributed by atoms with Gasteiger partial charge in [-0.3, -0.25) is 13.8 Å². The van der Waals surface area contributed by atoms with Gasteiger partial charge in [0.2, 0.25) is 5.91 Å². The molecule has 5 rings (SSSR count). The van der Waals surface area contributed by atoms with Gasteiger partial charge >= 0.3 is 0 Å². The van der Waals surface area contributed by atoms with E-state index in [9.17, 15) is 19.1 Å². The van der Waals surface area contributed by atoms with Gasteiger partial charge in [-0.25, -0.2) is 0 Å². The number of rotatable bonds is 12. The molecule has 0 spiro atoms. The summed E-state index contributed by atoms with van der Waals surface area (Å²) >= 11 is 12.7. The van der Waals surface area contributed by atoms with E-state index in [0.29, 0.717) is 44.6 Å². The molecule has 0 radical (unpaired) electrons. The van der Waals surface area contributed by atoms with Crippen LogP contribution in [0.1, 0.15) is 58.1 Å². The number of piperidine rings is 1. The highest BCUT2D eigenvalue weighted by atomic mass is 35.5. The van der Waals surface area contributed by atoms with Crippen molar-refractivity contribution in [2.24, 2.45) is 5.73 Å². The normalized spacial score (nSPS) is 15.1. The first kappa shape index (κ1) is 35.4. The lowest BCUT2D eigenvalue weighted by atomic mass is 9.88. The fraction of sp³-hybridized carbons (Fsp3) is 0.324. The number of halogens is 2. The lowest BCUT2D eigenvalue weighted by Gasteiger charge is -2.34. The van der Waals surface area contributed by atoms with Gasteiger partial charge in [0.05, 0.1) is 46.1 Å². The molecule has 0 saturated carbocycles. The number of hydrogen-bond donors (Lipinski definition) is 1. The molecular formula is C37H38Cl2N4O4S. The van der Waals surface area contributed by atoms with Gasteiger partial charge in [0.25, 0.3) is 5.91 Å². The molecule has 8 nitrogen and oxygen atoms in total. The minimum atomic E-state index is -1.13. The van der Waals surface area contributed by atoms with Crippen molar-refractivity contribution in [1.29, 1.82) is 5.26 Å². The zero-order valence-corrected chi connectivity index (χ0v) is 29.3. The lowest BCUT2D eigenvalue weighted by Crippen LogP contribution is -2.42. The zero-order chi connectivity index (χ0) is 34.4. The fourth-order valence-corrected chi connectivity index (χ4v) is 7.71. The first-order valence-electron chi connectivity index (χ1n) is 15.8. The predicted molar refractivity (Wildman–Crippen MR) is 191 cm³/mol. The summed E-state index contributed by atoms with van der Waals surface area (Å²) in [5.41, 5.74) is 8.37. The van der Waals surface area contributed by atoms with Crippen LogP contribution in [0.2, 0.25) is 10.0 Å². The molecular weight excluding hydrogens is 667 g/mol. The number of carbonyl (C=O) groups excluding carboxylic acids is 2. The number of benzene rings is 4. The van der Waals surface area contributed by atoms with Gasteiger partial charge in [-0.1, -0.05) is 59.6 Å². The Kier molecular flexibility index (Phi) is 11.8. The number of nitrogens with zero attached hydrogens (tertiary/aromatic N) is 3. The second kappa shape index (κ2) is 16.0. The number of fused-ring (bicyclic) bond motifs is 1. The van der Waals surface area contributed by atoms with Crippen LogP contribution in [0, 0.1) is 11.3 Å². The molecule has 48 heavy (non-hydrogen) atoms. The lowest BCUT2D eigenvalue weighted by molar-refractivity contribution is -0.118. The van der Waals surface area contributed by atoms with Crippen molar-refractivity contribution in [1.82, 2.24) is 9.80 Å². The van der Waals surface area contributed by atoms with Gasteiger partial charge in [-0.2, -0.15) is 5.26 Å². The molecule has 4 aromatic carbocycles. The van der Waals surface area contributed by atoms with Crippen molar-refractivity contribution in [3.63, 3.8) is 0 Å². The van der Waals surface area contributed by atoms with E-state index in [1.807, 2.05) is 54.6 Å². The molecule has 1 aliphatic heterocycles. The maximum atomic E-state index is 14.2. The number of methoxy groups -OCH3 is 1. The van der Waals surface area contributed by atoms with E-state index in [-0.39, 0.29) is 24.9 Å². The average Bonchev–Trinajstić information content (AvgIpc) is 3.09. The zero-order valence-electron chi connectivity index (χ0n) is 27.0. The van der Waals surface area contributed by atoms with Gasteiger partial charge in [0.1, 0.15) is 5.75 Å². The summed E-state index contributed by atoms with van der Waals surface area (Å²) in [6.07, 6.45) is 4.22. The van der Waals surface area contributed by atoms with Crippen LogP contribution in [-0.2, 0) is 15.6 Å². The molecule has 250 valence electrons. The largest absolute Gasteiger partial charge is 0.497 e. The van der Waals surface area contributed by atoms with Crippen LogP contribution in [0.5, 0.6) is 5.75 Å². The molecule has 1 unspecified atom stereocenters. The van der Waals surface area contributed by atoms with E-state index < -0.39 is 16.7 Å². The van der Waals surface area contributed by atoms with Crippen LogP contribution in [0.4, 0.5) is 0 Å². The van der Waals surface area contributed by atoms with E-state index in [4.69, 9.17) is 33.7 Å². The van der Waals surface area contributed by atoms with Gasteiger partial charge in [-0.15, -0.1) is 0 Å². The van der Waals surface area contributed by atoms with Crippen LogP contribution < -0.4 is 10.5 Å². The molecule has 4 aromatic rings. The van der Waals surface area contributed by atoms with E-state index in [0.717, 1.165) is 53.9 Å². The van der Waals surface area contributed by atoms with Gasteiger partial charge < -0.3 is 20.3 Å². The number of likely N-dealkylation sites (tertiary alicyclic amines) is 1. The second-order valence-corrected chi connectivity index (χ2v) is 14.3. The van der Waals surface area contributed by atoms with Gasteiger partial charge in [0, 0.05) is 29.2 Å². The maximum absolute atomic E-state index is 14.2. The minimum absolute atomic E-state index is 0.193. The van der Waals surface area contributed by atoms with Gasteiger partial charge in [-0.05, 0) is 103 Å². The molecule has 0 aromatic heterocycles. The minimum Gasteiger partial charge on any atom is -0.497 e. The molecule has 0 aliphatic carbocycles. The van der Waals surface area contributed by atoms with Crippen LogP contribution in [0.25, 0.3) is 10.8 Å². The predicted octanol–water partition coefficient (Wildman–Crippen LogP) is 6.75. The molecule has 2 atom stereocenters. The summed E-state index contributed by atoms with van der Waals surface area (Å²) in [5.74, 6) is -0.215. The molecule has 11 heteroatoms. The molecule has 1 fully saturated rings. The van der Waals surface area contributed by atoms with Crippen LogP contribution >= 0.6 is 23.2 Å². The number of hydrogen-bond acceptors (Lipinski definition) is 6. The van der Waals surface area contributed by atoms with E-state index in [1.165, 1.54) is 4.90 Å². The Hall–Kier alpha value is -3.94. The van der Waals surface area contributed by atoms with Crippen molar-refractivity contribution in [3.05, 3.63) is 105 Å². The summed E-state index contributed by atoms with van der Waals surface area (Å²) in [4.78, 5) is 31.2.